The first-order valence-electron chi connectivity index (χ1n) is 12.0. The predicted molar refractivity (Wildman–Crippen MR) is 139 cm³/mol. The summed E-state index contributed by atoms with van der Waals surface area (Å²) >= 11 is 1.01. The van der Waals surface area contributed by atoms with Gasteiger partial charge in [-0.3, -0.25) is 9.59 Å². The Labute approximate surface area is 209 Å². The van der Waals surface area contributed by atoms with Crippen LogP contribution in [0.25, 0.3) is 10.2 Å². The molecular formula is C26H36N2O6S. The molecule has 0 aliphatic heterocycles. The summed E-state index contributed by atoms with van der Waals surface area (Å²) in [6.45, 7) is 2.67. The fourth-order valence-electron chi connectivity index (χ4n) is 3.74. The quantitative estimate of drug-likeness (QED) is 0.155. The number of fused-ring (bicyclic) bond motifs is 1. The van der Waals surface area contributed by atoms with Crippen molar-refractivity contribution in [3.05, 3.63) is 63.3 Å². The van der Waals surface area contributed by atoms with Crippen molar-refractivity contribution in [1.29, 1.82) is 0 Å². The number of H-pyrrole nitrogens is 1. The number of aliphatic hydroxyl groups is 1. The number of aromatic amines is 1. The second-order valence-electron chi connectivity index (χ2n) is 8.19. The van der Waals surface area contributed by atoms with Crippen molar-refractivity contribution in [2.75, 3.05) is 26.3 Å². The molecule has 3 aromatic rings. The van der Waals surface area contributed by atoms with Crippen molar-refractivity contribution < 1.29 is 24.9 Å². The van der Waals surface area contributed by atoms with Crippen LogP contribution < -0.4 is 10.2 Å². The van der Waals surface area contributed by atoms with Crippen molar-refractivity contribution in [2.24, 2.45) is 0 Å². The highest BCUT2D eigenvalue weighted by atomic mass is 32.1. The van der Waals surface area contributed by atoms with E-state index in [-0.39, 0.29) is 17.1 Å². The number of hydrogen-bond donors (Lipinski definition) is 5. The Balaban J connectivity index is 0.00000137. The van der Waals surface area contributed by atoms with E-state index in [9.17, 15) is 15.0 Å². The molecule has 9 heteroatoms. The highest BCUT2D eigenvalue weighted by Crippen LogP contribution is 2.31. The maximum absolute atomic E-state index is 11.6. The Kier molecular flexibility index (Phi) is 13.7. The molecule has 1 heterocycles. The molecule has 35 heavy (non-hydrogen) atoms. The molecule has 1 aromatic heterocycles. The monoisotopic (exact) mass is 504 g/mol. The Morgan fingerprint density at radius 2 is 1.69 bits per heavy atom. The number of nitrogens with one attached hydrogen (secondary N) is 2. The van der Waals surface area contributed by atoms with Gasteiger partial charge in [0.15, 0.2) is 0 Å². The molecule has 192 valence electrons. The van der Waals surface area contributed by atoms with E-state index in [1.54, 1.807) is 6.07 Å². The maximum Gasteiger partial charge on any atom is 0.305 e. The minimum Gasteiger partial charge on any atom is -0.506 e. The average molecular weight is 505 g/mol. The summed E-state index contributed by atoms with van der Waals surface area (Å²) in [6.07, 6.45) is 7.07. The third-order valence-electron chi connectivity index (χ3n) is 5.52. The zero-order valence-corrected chi connectivity index (χ0v) is 20.8. The van der Waals surface area contributed by atoms with Gasteiger partial charge in [0, 0.05) is 25.3 Å². The number of thiazole rings is 1. The van der Waals surface area contributed by atoms with Crippen molar-refractivity contribution in [2.45, 2.75) is 51.0 Å². The van der Waals surface area contributed by atoms with Crippen LogP contribution in [0, 0.1) is 0 Å². The van der Waals surface area contributed by atoms with Gasteiger partial charge in [-0.2, -0.15) is 0 Å². The average Bonchev–Trinajstić information content (AvgIpc) is 3.25. The van der Waals surface area contributed by atoms with Gasteiger partial charge < -0.3 is 30.4 Å². The highest BCUT2D eigenvalue weighted by Gasteiger charge is 2.15. The summed E-state index contributed by atoms with van der Waals surface area (Å²) in [5.74, 6) is 0.0263. The predicted octanol–water partition coefficient (Wildman–Crippen LogP) is 4.22. The lowest BCUT2D eigenvalue weighted by atomic mass is 10.1. The van der Waals surface area contributed by atoms with E-state index < -0.39 is 6.10 Å². The van der Waals surface area contributed by atoms with Gasteiger partial charge in [0.05, 0.1) is 10.8 Å². The van der Waals surface area contributed by atoms with Crippen LogP contribution in [0.5, 0.6) is 5.75 Å². The molecule has 1 atom stereocenters. The zero-order chi connectivity index (χ0) is 25.3. The summed E-state index contributed by atoms with van der Waals surface area (Å²) < 4.78 is 6.35. The number of hydrogen-bond acceptors (Lipinski definition) is 7. The lowest BCUT2D eigenvalue weighted by Crippen LogP contribution is -2.22. The third-order valence-corrected chi connectivity index (χ3v) is 6.46. The summed E-state index contributed by atoms with van der Waals surface area (Å²) in [5.41, 5.74) is 2.45. The molecule has 0 bridgehead atoms. The van der Waals surface area contributed by atoms with Crippen molar-refractivity contribution in [1.82, 2.24) is 10.3 Å². The molecule has 0 radical (unpaired) electrons. The molecule has 8 nitrogen and oxygen atoms in total. The fourth-order valence-corrected chi connectivity index (χ4v) is 4.66. The summed E-state index contributed by atoms with van der Waals surface area (Å²) in [4.78, 5) is 22.3. The van der Waals surface area contributed by atoms with Crippen LogP contribution >= 0.6 is 11.3 Å². The van der Waals surface area contributed by atoms with Crippen LogP contribution in [-0.4, -0.2) is 53.1 Å². The van der Waals surface area contributed by atoms with Crippen molar-refractivity contribution in [3.8, 4) is 5.75 Å². The van der Waals surface area contributed by atoms with Crippen LogP contribution in [0.4, 0.5) is 0 Å². The molecule has 0 saturated heterocycles. The van der Waals surface area contributed by atoms with Gasteiger partial charge in [-0.25, -0.2) is 0 Å². The van der Waals surface area contributed by atoms with Crippen LogP contribution in [0.3, 0.4) is 0 Å². The molecular weight excluding hydrogens is 468 g/mol. The van der Waals surface area contributed by atoms with Crippen LogP contribution in [0.1, 0.15) is 55.8 Å². The second kappa shape index (κ2) is 16.8. The second-order valence-corrected chi connectivity index (χ2v) is 9.17. The zero-order valence-electron chi connectivity index (χ0n) is 19.9. The van der Waals surface area contributed by atoms with Gasteiger partial charge in [0.1, 0.15) is 11.3 Å². The van der Waals surface area contributed by atoms with Crippen molar-refractivity contribution >= 4 is 28.0 Å². The van der Waals surface area contributed by atoms with E-state index in [0.717, 1.165) is 69.6 Å². The number of benzene rings is 2. The lowest BCUT2D eigenvalue weighted by Gasteiger charge is -2.13. The van der Waals surface area contributed by atoms with E-state index in [0.29, 0.717) is 22.3 Å². The fraction of sp³-hybridized carbons (Fsp3) is 0.462. The Morgan fingerprint density at radius 1 is 1.00 bits per heavy atom. The number of carboxylic acid groups (broad SMARTS) is 1. The molecule has 1 unspecified atom stereocenters. The third kappa shape index (κ3) is 10.6. The molecule has 0 saturated carbocycles. The Hall–Kier alpha value is -2.72. The first-order valence-corrected chi connectivity index (χ1v) is 12.8. The standard InChI is InChI=1S/C25H34N2O4S.CH2O2/c28-21-14-13-20(24-23(21)27-25(30)32-24)22(29)18-26-15-7-1-2-8-16-31-17-9-6-12-19-10-4-3-5-11-19;2-1-3/h3-5,10-11,13-14,22,26,28-29H,1-2,6-9,12,15-18H2,(H,27,30);1H,(H,2,3). The number of carbonyl (C=O) groups is 1. The van der Waals surface area contributed by atoms with E-state index in [1.807, 2.05) is 0 Å². The van der Waals surface area contributed by atoms with Gasteiger partial charge in [-0.15, -0.1) is 0 Å². The molecule has 2 aromatic carbocycles. The minimum atomic E-state index is -0.722. The van der Waals surface area contributed by atoms with E-state index in [2.05, 4.69) is 40.6 Å². The van der Waals surface area contributed by atoms with Crippen LogP contribution in [0.2, 0.25) is 0 Å². The number of rotatable bonds is 15. The topological polar surface area (TPSA) is 132 Å². The van der Waals surface area contributed by atoms with E-state index >= 15 is 0 Å². The van der Waals surface area contributed by atoms with Gasteiger partial charge in [-0.1, -0.05) is 60.6 Å². The number of aryl methyl sites for hydroxylation is 1. The number of aliphatic hydroxyl groups excluding tert-OH is 1. The first kappa shape index (κ1) is 28.5. The summed E-state index contributed by atoms with van der Waals surface area (Å²) in [7, 11) is 0. The molecule has 0 aliphatic carbocycles. The SMILES string of the molecule is O=CO.O=c1[nH]c2c(O)ccc(C(O)CNCCCCCCOCCCCc3ccccc3)c2s1. The number of ether oxygens (including phenoxy) is 1. The number of aromatic hydroxyl groups is 1. The van der Waals surface area contributed by atoms with Crippen LogP contribution in [0.15, 0.2) is 47.3 Å². The summed E-state index contributed by atoms with van der Waals surface area (Å²) in [5, 5.41) is 30.5. The van der Waals surface area contributed by atoms with Gasteiger partial charge in [0.25, 0.3) is 6.47 Å². The number of phenolic OH excluding ortho intramolecular Hbond substituents is 1. The van der Waals surface area contributed by atoms with Gasteiger partial charge >= 0.3 is 4.87 Å². The largest absolute Gasteiger partial charge is 0.506 e. The maximum atomic E-state index is 11.6. The molecule has 0 amide bonds. The molecule has 0 spiro atoms. The van der Waals surface area contributed by atoms with Crippen molar-refractivity contribution in [3.63, 3.8) is 0 Å². The first-order chi connectivity index (χ1) is 17.1. The minimum absolute atomic E-state index is 0.0263. The highest BCUT2D eigenvalue weighted by molar-refractivity contribution is 7.16. The number of unbranched alkanes of at least 4 members (excludes halogenated alkanes) is 4. The number of aromatic nitrogens is 1. The van der Waals surface area contributed by atoms with Crippen LogP contribution in [-0.2, 0) is 16.0 Å². The van der Waals surface area contributed by atoms with E-state index in [4.69, 9.17) is 14.6 Å². The smallest absolute Gasteiger partial charge is 0.305 e. The molecule has 3 rings (SSSR count). The molecule has 0 fully saturated rings. The van der Waals surface area contributed by atoms with Gasteiger partial charge in [-0.05, 0) is 50.3 Å². The normalized spacial score (nSPS) is 11.7. The van der Waals surface area contributed by atoms with E-state index in [1.165, 1.54) is 18.1 Å². The molecule has 0 aliphatic rings. The summed E-state index contributed by atoms with van der Waals surface area (Å²) in [6, 6.07) is 13.8. The Morgan fingerprint density at radius 3 is 2.43 bits per heavy atom. The Bertz CT molecular complexity index is 1040. The number of phenols is 1. The lowest BCUT2D eigenvalue weighted by molar-refractivity contribution is -0.122. The van der Waals surface area contributed by atoms with Gasteiger partial charge in [0.2, 0.25) is 0 Å². The molecule has 5 N–H and O–H groups in total.